The van der Waals surface area contributed by atoms with E-state index >= 15 is 0 Å². The second-order valence-corrected chi connectivity index (χ2v) is 4.26. The van der Waals surface area contributed by atoms with E-state index in [1.54, 1.807) is 7.11 Å². The molecule has 1 aliphatic heterocycles. The normalized spacial score (nSPS) is 53.0. The van der Waals surface area contributed by atoms with E-state index in [-0.39, 0.29) is 0 Å². The van der Waals surface area contributed by atoms with Crippen molar-refractivity contribution in [2.75, 3.05) is 20.7 Å². The van der Waals surface area contributed by atoms with Gasteiger partial charge in [0.25, 0.3) is 0 Å². The molecule has 2 saturated carbocycles. The predicted octanol–water partition coefficient (Wildman–Crippen LogP) is 0.569. The Morgan fingerprint density at radius 1 is 1.58 bits per heavy atom. The second kappa shape index (κ2) is 2.02. The van der Waals surface area contributed by atoms with E-state index < -0.39 is 0 Å². The van der Waals surface area contributed by atoms with Gasteiger partial charge in [-0.1, -0.05) is 5.16 Å². The lowest BCUT2D eigenvalue weighted by Crippen LogP contribution is -2.61. The maximum absolute atomic E-state index is 4.86. The summed E-state index contributed by atoms with van der Waals surface area (Å²) in [4.78, 5) is 7.29. The van der Waals surface area contributed by atoms with Crippen molar-refractivity contribution in [2.24, 2.45) is 22.9 Å². The summed E-state index contributed by atoms with van der Waals surface area (Å²) in [6, 6.07) is 0.633. The Hall–Kier alpha value is -0.570. The second-order valence-electron chi connectivity index (χ2n) is 4.26. The fourth-order valence-electron chi connectivity index (χ4n) is 3.29. The molecular weight excluding hydrogens is 152 g/mol. The number of oxime groups is 1. The first-order valence-corrected chi connectivity index (χ1v) is 4.64. The quantitative estimate of drug-likeness (QED) is 0.532. The highest BCUT2D eigenvalue weighted by molar-refractivity contribution is 5.99. The minimum atomic E-state index is 0.633. The molecule has 0 spiro atoms. The van der Waals surface area contributed by atoms with Gasteiger partial charge < -0.3 is 4.84 Å². The van der Waals surface area contributed by atoms with Crippen LogP contribution >= 0.6 is 0 Å². The molecule has 0 bridgehead atoms. The molecule has 1 saturated heterocycles. The van der Waals surface area contributed by atoms with Gasteiger partial charge in [0.05, 0.1) is 11.8 Å². The molecule has 0 amide bonds. The average Bonchev–Trinajstić information content (AvgIpc) is 2.17. The largest absolute Gasteiger partial charge is 0.399 e. The molecule has 3 aliphatic rings. The molecule has 0 N–H and O–H groups in total. The Labute approximate surface area is 72.4 Å². The number of nitrogens with zero attached hydrogens (tertiary/aromatic N) is 2. The fraction of sp³-hybridized carbons (Fsp3) is 0.889. The third-order valence-corrected chi connectivity index (χ3v) is 3.81. The Balaban J connectivity index is 1.88. The first kappa shape index (κ1) is 6.89. The first-order valence-electron chi connectivity index (χ1n) is 4.64. The smallest absolute Gasteiger partial charge is 0.106 e. The lowest BCUT2D eigenvalue weighted by atomic mass is 9.52. The summed E-state index contributed by atoms with van der Waals surface area (Å²) in [5.41, 5.74) is 1.30. The van der Waals surface area contributed by atoms with Gasteiger partial charge in [0.15, 0.2) is 0 Å². The lowest BCUT2D eigenvalue weighted by Gasteiger charge is -2.53. The van der Waals surface area contributed by atoms with Crippen LogP contribution in [0.2, 0.25) is 0 Å². The third-order valence-electron chi connectivity index (χ3n) is 3.81. The van der Waals surface area contributed by atoms with Gasteiger partial charge in [-0.25, -0.2) is 0 Å². The Morgan fingerprint density at radius 2 is 2.42 bits per heavy atom. The molecule has 2 aliphatic carbocycles. The van der Waals surface area contributed by atoms with Crippen LogP contribution in [0.4, 0.5) is 0 Å². The molecule has 0 aromatic carbocycles. The van der Waals surface area contributed by atoms with Gasteiger partial charge in [0.2, 0.25) is 0 Å². The molecule has 66 valence electrons. The molecule has 3 rings (SSSR count). The van der Waals surface area contributed by atoms with Crippen molar-refractivity contribution in [1.29, 1.82) is 0 Å². The standard InChI is InChI=1S/C9H14N2O/c1-11-4-5-3-6-7(5)9(11)8(6)10-12-2/h5-7,9H,3-4H2,1-2H3/b10-8+. The summed E-state index contributed by atoms with van der Waals surface area (Å²) in [6.07, 6.45) is 1.35. The molecule has 1 heterocycles. The van der Waals surface area contributed by atoms with E-state index in [0.717, 1.165) is 17.8 Å². The van der Waals surface area contributed by atoms with Crippen LogP contribution in [-0.2, 0) is 4.84 Å². The molecule has 4 unspecified atom stereocenters. The molecule has 12 heavy (non-hydrogen) atoms. The van der Waals surface area contributed by atoms with Gasteiger partial charge in [-0.2, -0.15) is 0 Å². The predicted molar refractivity (Wildman–Crippen MR) is 45.9 cm³/mol. The number of rotatable bonds is 1. The molecule has 0 aromatic heterocycles. The molecule has 3 nitrogen and oxygen atoms in total. The lowest BCUT2D eigenvalue weighted by molar-refractivity contribution is 0.0977. The van der Waals surface area contributed by atoms with Crippen LogP contribution in [0, 0.1) is 17.8 Å². The van der Waals surface area contributed by atoms with Crippen LogP contribution in [0.5, 0.6) is 0 Å². The highest BCUT2D eigenvalue weighted by Crippen LogP contribution is 2.58. The maximum Gasteiger partial charge on any atom is 0.106 e. The summed E-state index contributed by atoms with van der Waals surface area (Å²) in [5, 5.41) is 4.12. The number of hydrogen-bond donors (Lipinski definition) is 0. The first-order chi connectivity index (χ1) is 5.83. The van der Waals surface area contributed by atoms with Crippen molar-refractivity contribution in [3.8, 4) is 0 Å². The van der Waals surface area contributed by atoms with Crippen LogP contribution in [0.3, 0.4) is 0 Å². The minimum absolute atomic E-state index is 0.633. The minimum Gasteiger partial charge on any atom is -0.399 e. The Morgan fingerprint density at radius 3 is 3.17 bits per heavy atom. The molecule has 3 heteroatoms. The van der Waals surface area contributed by atoms with Crippen LogP contribution in [0.15, 0.2) is 5.16 Å². The van der Waals surface area contributed by atoms with Crippen LogP contribution in [-0.4, -0.2) is 37.4 Å². The van der Waals surface area contributed by atoms with Gasteiger partial charge in [0, 0.05) is 12.5 Å². The van der Waals surface area contributed by atoms with Crippen molar-refractivity contribution < 1.29 is 4.84 Å². The average molecular weight is 166 g/mol. The van der Waals surface area contributed by atoms with Gasteiger partial charge in [-0.15, -0.1) is 0 Å². The monoisotopic (exact) mass is 166 g/mol. The van der Waals surface area contributed by atoms with E-state index in [4.69, 9.17) is 4.84 Å². The third kappa shape index (κ3) is 0.565. The summed E-state index contributed by atoms with van der Waals surface area (Å²) >= 11 is 0. The van der Waals surface area contributed by atoms with Crippen molar-refractivity contribution in [3.05, 3.63) is 0 Å². The van der Waals surface area contributed by atoms with E-state index in [2.05, 4.69) is 17.1 Å². The van der Waals surface area contributed by atoms with Crippen molar-refractivity contribution >= 4 is 5.71 Å². The van der Waals surface area contributed by atoms with Crippen LogP contribution in [0.25, 0.3) is 0 Å². The zero-order valence-corrected chi connectivity index (χ0v) is 7.53. The topological polar surface area (TPSA) is 24.8 Å². The highest BCUT2D eigenvalue weighted by Gasteiger charge is 2.64. The summed E-state index contributed by atoms with van der Waals surface area (Å²) < 4.78 is 0. The fourth-order valence-corrected chi connectivity index (χ4v) is 3.29. The maximum atomic E-state index is 4.86. The summed E-state index contributed by atoms with van der Waals surface area (Å²) in [5.74, 6) is 2.69. The summed E-state index contributed by atoms with van der Waals surface area (Å²) in [6.45, 7) is 1.27. The van der Waals surface area contributed by atoms with Crippen LogP contribution in [0.1, 0.15) is 6.42 Å². The molecule has 4 atom stereocenters. The van der Waals surface area contributed by atoms with Crippen LogP contribution < -0.4 is 0 Å². The molecule has 0 aromatic rings. The van der Waals surface area contributed by atoms with Gasteiger partial charge in [0.1, 0.15) is 7.11 Å². The van der Waals surface area contributed by atoms with Gasteiger partial charge in [-0.05, 0) is 25.3 Å². The Kier molecular flexibility index (Phi) is 1.16. The summed E-state index contributed by atoms with van der Waals surface area (Å²) in [7, 11) is 3.84. The van der Waals surface area contributed by atoms with E-state index in [1.165, 1.54) is 18.7 Å². The zero-order chi connectivity index (χ0) is 8.29. The van der Waals surface area contributed by atoms with E-state index in [0.29, 0.717) is 6.04 Å². The number of hydrogen-bond acceptors (Lipinski definition) is 3. The van der Waals surface area contributed by atoms with Crippen molar-refractivity contribution in [3.63, 3.8) is 0 Å². The van der Waals surface area contributed by atoms with E-state index in [1.807, 2.05) is 0 Å². The zero-order valence-electron chi connectivity index (χ0n) is 7.53. The molecular formula is C9H14N2O. The van der Waals surface area contributed by atoms with Crippen molar-refractivity contribution in [1.82, 2.24) is 4.90 Å². The molecule has 3 fully saturated rings. The van der Waals surface area contributed by atoms with E-state index in [9.17, 15) is 0 Å². The van der Waals surface area contributed by atoms with Gasteiger partial charge in [-0.3, -0.25) is 4.90 Å². The SMILES string of the molecule is CO/N=C1\C2CC3CN(C)C1C32. The van der Waals surface area contributed by atoms with Crippen molar-refractivity contribution in [2.45, 2.75) is 12.5 Å². The highest BCUT2D eigenvalue weighted by atomic mass is 16.6. The number of likely N-dealkylation sites (tertiary alicyclic amines) is 1. The molecule has 0 radical (unpaired) electrons. The Bertz CT molecular complexity index is 251. The van der Waals surface area contributed by atoms with Gasteiger partial charge >= 0.3 is 0 Å².